The average Bonchev–Trinajstić information content (AvgIpc) is 2.91. The van der Waals surface area contributed by atoms with Crippen LogP contribution in [0.15, 0.2) is 34.9 Å². The number of aryl methyl sites for hydroxylation is 1. The predicted octanol–water partition coefficient (Wildman–Crippen LogP) is 3.23. The monoisotopic (exact) mass is 303 g/mol. The summed E-state index contributed by atoms with van der Waals surface area (Å²) in [5.41, 5.74) is 2.11. The van der Waals surface area contributed by atoms with Crippen molar-refractivity contribution in [3.63, 3.8) is 0 Å². The molecule has 0 saturated carbocycles. The van der Waals surface area contributed by atoms with Crippen LogP contribution in [0.5, 0.6) is 0 Å². The first kappa shape index (κ1) is 16.0. The summed E-state index contributed by atoms with van der Waals surface area (Å²) in [6, 6.07) is 9.23. The van der Waals surface area contributed by atoms with Crippen LogP contribution in [-0.4, -0.2) is 17.8 Å². The van der Waals surface area contributed by atoms with Gasteiger partial charge in [0.2, 0.25) is 0 Å². The minimum Gasteiger partial charge on any atom is -0.377 e. The van der Waals surface area contributed by atoms with E-state index in [9.17, 15) is 4.79 Å². The van der Waals surface area contributed by atoms with E-state index < -0.39 is 0 Å². The summed E-state index contributed by atoms with van der Waals surface area (Å²) in [6.07, 6.45) is 0.986. The van der Waals surface area contributed by atoms with Gasteiger partial charge in [-0.15, -0.1) is 0 Å². The van der Waals surface area contributed by atoms with Crippen molar-refractivity contribution in [3.8, 4) is 0 Å². The van der Waals surface area contributed by atoms with Gasteiger partial charge in [-0.3, -0.25) is 5.32 Å². The summed E-state index contributed by atoms with van der Waals surface area (Å²) in [5.74, 6) is 1.04. The van der Waals surface area contributed by atoms with Crippen LogP contribution >= 0.6 is 0 Å². The summed E-state index contributed by atoms with van der Waals surface area (Å²) in [7, 11) is 0. The van der Waals surface area contributed by atoms with E-state index >= 15 is 0 Å². The maximum Gasteiger partial charge on any atom is 0.320 e. The van der Waals surface area contributed by atoms with Gasteiger partial charge < -0.3 is 14.6 Å². The molecule has 6 nitrogen and oxygen atoms in total. The molecule has 0 bridgehead atoms. The molecule has 2 N–H and O–H groups in total. The summed E-state index contributed by atoms with van der Waals surface area (Å²) in [5, 5.41) is 9.13. The van der Waals surface area contributed by atoms with Gasteiger partial charge >= 0.3 is 6.03 Å². The number of amides is 2. The molecule has 1 aromatic heterocycles. The molecule has 0 fully saturated rings. The van der Waals surface area contributed by atoms with E-state index in [0.29, 0.717) is 24.7 Å². The van der Waals surface area contributed by atoms with Crippen LogP contribution in [0.1, 0.15) is 30.2 Å². The SMILES string of the molecule is CCCOCc1ccccc1CNC(=O)Nc1cc(C)on1. The Bertz CT molecular complexity index is 610. The lowest BCUT2D eigenvalue weighted by Crippen LogP contribution is -2.28. The Hall–Kier alpha value is -2.34. The molecule has 0 aliphatic carbocycles. The van der Waals surface area contributed by atoms with Crippen molar-refractivity contribution in [2.45, 2.75) is 33.4 Å². The van der Waals surface area contributed by atoms with Crippen LogP contribution in [0.4, 0.5) is 10.6 Å². The third-order valence-corrected chi connectivity index (χ3v) is 3.03. The summed E-state index contributed by atoms with van der Waals surface area (Å²) in [6.45, 7) is 5.55. The molecule has 0 unspecified atom stereocenters. The van der Waals surface area contributed by atoms with Crippen molar-refractivity contribution in [1.82, 2.24) is 10.5 Å². The summed E-state index contributed by atoms with van der Waals surface area (Å²) < 4.78 is 10.5. The maximum atomic E-state index is 11.8. The quantitative estimate of drug-likeness (QED) is 0.770. The van der Waals surface area contributed by atoms with E-state index in [-0.39, 0.29) is 6.03 Å². The lowest BCUT2D eigenvalue weighted by Gasteiger charge is -2.11. The van der Waals surface area contributed by atoms with Crippen molar-refractivity contribution in [2.75, 3.05) is 11.9 Å². The topological polar surface area (TPSA) is 76.4 Å². The van der Waals surface area contributed by atoms with E-state index in [0.717, 1.165) is 24.2 Å². The molecule has 22 heavy (non-hydrogen) atoms. The number of urea groups is 1. The maximum absolute atomic E-state index is 11.8. The molecule has 6 heteroatoms. The van der Waals surface area contributed by atoms with E-state index in [1.807, 2.05) is 24.3 Å². The highest BCUT2D eigenvalue weighted by atomic mass is 16.5. The van der Waals surface area contributed by atoms with Crippen LogP contribution in [0.3, 0.4) is 0 Å². The van der Waals surface area contributed by atoms with Crippen molar-refractivity contribution in [2.24, 2.45) is 0 Å². The van der Waals surface area contributed by atoms with Gasteiger partial charge in [-0.05, 0) is 24.5 Å². The minimum absolute atomic E-state index is 0.322. The first-order chi connectivity index (χ1) is 10.7. The van der Waals surface area contributed by atoms with Gasteiger partial charge in [0.05, 0.1) is 6.61 Å². The zero-order valence-corrected chi connectivity index (χ0v) is 12.9. The minimum atomic E-state index is -0.322. The van der Waals surface area contributed by atoms with Gasteiger partial charge in [0.25, 0.3) is 0 Å². The predicted molar refractivity (Wildman–Crippen MR) is 83.5 cm³/mol. The first-order valence-corrected chi connectivity index (χ1v) is 7.31. The van der Waals surface area contributed by atoms with Crippen molar-refractivity contribution in [1.29, 1.82) is 0 Å². The van der Waals surface area contributed by atoms with Gasteiger partial charge in [-0.1, -0.05) is 36.3 Å². The number of ether oxygens (including phenoxy) is 1. The van der Waals surface area contributed by atoms with Crippen molar-refractivity contribution >= 4 is 11.8 Å². The molecule has 118 valence electrons. The molecule has 0 atom stereocenters. The summed E-state index contributed by atoms with van der Waals surface area (Å²) in [4.78, 5) is 11.8. The smallest absolute Gasteiger partial charge is 0.320 e. The highest BCUT2D eigenvalue weighted by Gasteiger charge is 2.07. The first-order valence-electron chi connectivity index (χ1n) is 7.31. The normalized spacial score (nSPS) is 10.5. The molecular formula is C16H21N3O3. The van der Waals surface area contributed by atoms with Crippen LogP contribution < -0.4 is 10.6 Å². The molecule has 0 spiro atoms. The molecule has 0 aliphatic rings. The molecule has 2 aromatic rings. The zero-order chi connectivity index (χ0) is 15.8. The zero-order valence-electron chi connectivity index (χ0n) is 12.9. The second-order valence-corrected chi connectivity index (χ2v) is 4.95. The second-order valence-electron chi connectivity index (χ2n) is 4.95. The fraction of sp³-hybridized carbons (Fsp3) is 0.375. The van der Waals surface area contributed by atoms with Gasteiger partial charge in [0, 0.05) is 19.2 Å². The molecule has 1 aromatic carbocycles. The number of hydrogen-bond donors (Lipinski definition) is 2. The Morgan fingerprint density at radius 1 is 1.32 bits per heavy atom. The number of aromatic nitrogens is 1. The molecule has 2 rings (SSSR count). The number of benzene rings is 1. The second kappa shape index (κ2) is 8.19. The fourth-order valence-corrected chi connectivity index (χ4v) is 1.96. The third kappa shape index (κ3) is 4.89. The van der Waals surface area contributed by atoms with Crippen molar-refractivity contribution < 1.29 is 14.1 Å². The van der Waals surface area contributed by atoms with E-state index in [1.54, 1.807) is 13.0 Å². The van der Waals surface area contributed by atoms with Crippen LogP contribution in [0.25, 0.3) is 0 Å². The van der Waals surface area contributed by atoms with Crippen molar-refractivity contribution in [3.05, 3.63) is 47.2 Å². The molecule has 0 saturated heterocycles. The number of rotatable bonds is 7. The molecule has 0 aliphatic heterocycles. The number of anilines is 1. The fourth-order valence-electron chi connectivity index (χ4n) is 1.96. The number of nitrogens with zero attached hydrogens (tertiary/aromatic N) is 1. The Kier molecular flexibility index (Phi) is 5.97. The highest BCUT2D eigenvalue weighted by molar-refractivity contribution is 5.88. The highest BCUT2D eigenvalue weighted by Crippen LogP contribution is 2.11. The van der Waals surface area contributed by atoms with Crippen LogP contribution in [-0.2, 0) is 17.9 Å². The van der Waals surface area contributed by atoms with E-state index in [1.165, 1.54) is 0 Å². The Balaban J connectivity index is 1.86. The van der Waals surface area contributed by atoms with Gasteiger partial charge in [0.1, 0.15) is 5.76 Å². The number of hydrogen-bond acceptors (Lipinski definition) is 4. The van der Waals surface area contributed by atoms with E-state index in [4.69, 9.17) is 9.26 Å². The lowest BCUT2D eigenvalue weighted by molar-refractivity contribution is 0.121. The van der Waals surface area contributed by atoms with Gasteiger partial charge in [-0.2, -0.15) is 0 Å². The van der Waals surface area contributed by atoms with Crippen LogP contribution in [0, 0.1) is 6.92 Å². The number of nitrogens with one attached hydrogen (secondary N) is 2. The molecule has 1 heterocycles. The lowest BCUT2D eigenvalue weighted by atomic mass is 10.1. The average molecular weight is 303 g/mol. The molecule has 2 amide bonds. The Labute approximate surface area is 129 Å². The van der Waals surface area contributed by atoms with E-state index in [2.05, 4.69) is 22.7 Å². The van der Waals surface area contributed by atoms with Gasteiger partial charge in [0.15, 0.2) is 5.82 Å². The number of carbonyl (C=O) groups excluding carboxylic acids is 1. The van der Waals surface area contributed by atoms with Crippen LogP contribution in [0.2, 0.25) is 0 Å². The van der Waals surface area contributed by atoms with Gasteiger partial charge in [-0.25, -0.2) is 4.79 Å². The standard InChI is InChI=1S/C16H21N3O3/c1-3-8-21-11-14-7-5-4-6-13(14)10-17-16(20)18-15-9-12(2)22-19-15/h4-7,9H,3,8,10-11H2,1-2H3,(H2,17,18,19,20). The summed E-state index contributed by atoms with van der Waals surface area (Å²) >= 11 is 0. The molecular weight excluding hydrogens is 282 g/mol. The largest absolute Gasteiger partial charge is 0.377 e. The third-order valence-electron chi connectivity index (χ3n) is 3.03. The Morgan fingerprint density at radius 2 is 2.09 bits per heavy atom. The Morgan fingerprint density at radius 3 is 2.77 bits per heavy atom. The molecule has 0 radical (unpaired) electrons. The number of carbonyl (C=O) groups is 1.